The number of pyridine rings is 1. The minimum atomic E-state index is 0.101. The summed E-state index contributed by atoms with van der Waals surface area (Å²) in [6.07, 6.45) is 13.0. The molecule has 9 aromatic rings. The van der Waals surface area contributed by atoms with Crippen molar-refractivity contribution in [2.45, 2.75) is 32.6 Å². The van der Waals surface area contributed by atoms with E-state index in [4.69, 9.17) is 4.99 Å². The molecule has 0 saturated carbocycles. The van der Waals surface area contributed by atoms with Crippen molar-refractivity contribution in [3.63, 3.8) is 0 Å². The molecule has 0 bridgehead atoms. The van der Waals surface area contributed by atoms with Crippen LogP contribution < -0.4 is 0 Å². The summed E-state index contributed by atoms with van der Waals surface area (Å²) in [7, 11) is 0. The van der Waals surface area contributed by atoms with Gasteiger partial charge in [0.1, 0.15) is 0 Å². The normalized spacial score (nSPS) is 13.5. The topological polar surface area (TPSA) is 25.2 Å². The Morgan fingerprint density at radius 3 is 2.00 bits per heavy atom. The minimum Gasteiger partial charge on any atom is -0.263 e. The molecule has 1 aliphatic rings. The molecule has 1 heterocycles. The van der Waals surface area contributed by atoms with Gasteiger partial charge in [0, 0.05) is 35.0 Å². The van der Waals surface area contributed by atoms with Gasteiger partial charge in [-0.3, -0.25) is 9.98 Å². The fourth-order valence-corrected chi connectivity index (χ4v) is 8.84. The number of hydrogen-bond donors (Lipinski definition) is 0. The second kappa shape index (κ2) is 15.6. The first kappa shape index (κ1) is 36.2. The maximum Gasteiger partial charge on any atom is 0.0671 e. The van der Waals surface area contributed by atoms with Crippen molar-refractivity contribution in [2.24, 2.45) is 4.99 Å². The fourth-order valence-electron chi connectivity index (χ4n) is 8.84. The molecule has 59 heavy (non-hydrogen) atoms. The number of aliphatic imine (C=N–C) groups is 1. The van der Waals surface area contributed by atoms with E-state index in [0.717, 1.165) is 51.9 Å². The highest BCUT2D eigenvalue weighted by Crippen LogP contribution is 2.38. The molecule has 2 nitrogen and oxygen atoms in total. The number of aryl methyl sites for hydroxylation is 1. The molecule has 10 rings (SSSR count). The number of rotatable bonds is 8. The van der Waals surface area contributed by atoms with Gasteiger partial charge in [0.15, 0.2) is 0 Å². The summed E-state index contributed by atoms with van der Waals surface area (Å²) >= 11 is 0. The number of nitrogens with zero attached hydrogens (tertiary/aromatic N) is 2. The van der Waals surface area contributed by atoms with Crippen LogP contribution in [0.5, 0.6) is 0 Å². The van der Waals surface area contributed by atoms with Crippen molar-refractivity contribution in [3.05, 3.63) is 222 Å². The maximum absolute atomic E-state index is 5.42. The van der Waals surface area contributed by atoms with Gasteiger partial charge in [-0.1, -0.05) is 189 Å². The SMILES string of the molecule is C/C(=N\C(=C/C(C)c1cccc(-c2cc3c(c4ccccc24)C=CCC3)c1)c1ccc(-c2cncc3ccccc23)cc1)c1ccc(-c2cccc3ccccc23)cc1. The number of hydrogen-bond acceptors (Lipinski definition) is 2. The molecule has 1 aromatic heterocycles. The molecule has 0 amide bonds. The highest BCUT2D eigenvalue weighted by Gasteiger charge is 2.16. The summed E-state index contributed by atoms with van der Waals surface area (Å²) in [5.74, 6) is 0.101. The Hall–Kier alpha value is -7.16. The molecule has 0 radical (unpaired) electrons. The highest BCUT2D eigenvalue weighted by atomic mass is 14.8. The van der Waals surface area contributed by atoms with Crippen LogP contribution in [0, 0.1) is 0 Å². The highest BCUT2D eigenvalue weighted by molar-refractivity contribution is 6.04. The van der Waals surface area contributed by atoms with E-state index < -0.39 is 0 Å². The molecular weight excluding hydrogens is 713 g/mol. The second-order valence-electron chi connectivity index (χ2n) is 15.7. The fraction of sp³-hybridized carbons (Fsp3) is 0.0877. The lowest BCUT2D eigenvalue weighted by Gasteiger charge is -2.18. The first-order valence-corrected chi connectivity index (χ1v) is 20.7. The third kappa shape index (κ3) is 7.08. The van der Waals surface area contributed by atoms with E-state index in [0.29, 0.717) is 0 Å². The number of allylic oxidation sites excluding steroid dienone is 2. The van der Waals surface area contributed by atoms with Crippen LogP contribution in [0.2, 0.25) is 0 Å². The molecule has 2 heteroatoms. The van der Waals surface area contributed by atoms with E-state index in [1.54, 1.807) is 0 Å². The van der Waals surface area contributed by atoms with Crippen LogP contribution in [-0.2, 0) is 6.42 Å². The number of fused-ring (bicyclic) bond motifs is 5. The predicted molar refractivity (Wildman–Crippen MR) is 252 cm³/mol. The largest absolute Gasteiger partial charge is 0.263 e. The van der Waals surface area contributed by atoms with Gasteiger partial charge in [0.05, 0.1) is 5.70 Å². The van der Waals surface area contributed by atoms with Gasteiger partial charge in [-0.05, 0) is 108 Å². The molecule has 1 aliphatic carbocycles. The van der Waals surface area contributed by atoms with Crippen LogP contribution in [0.3, 0.4) is 0 Å². The average Bonchev–Trinajstić information content (AvgIpc) is 3.31. The van der Waals surface area contributed by atoms with Gasteiger partial charge in [-0.25, -0.2) is 0 Å². The lowest BCUT2D eigenvalue weighted by Crippen LogP contribution is -1.99. The number of aromatic nitrogens is 1. The summed E-state index contributed by atoms with van der Waals surface area (Å²) in [6, 6.07) is 61.6. The summed E-state index contributed by atoms with van der Waals surface area (Å²) in [5, 5.41) is 7.47. The molecule has 0 aliphatic heterocycles. The van der Waals surface area contributed by atoms with Crippen LogP contribution in [0.4, 0.5) is 0 Å². The average molecular weight is 757 g/mol. The quantitative estimate of drug-likeness (QED) is 0.142. The van der Waals surface area contributed by atoms with Crippen molar-refractivity contribution in [3.8, 4) is 33.4 Å². The molecule has 0 N–H and O–H groups in total. The van der Waals surface area contributed by atoms with Crippen LogP contribution in [0.25, 0.3) is 77.5 Å². The van der Waals surface area contributed by atoms with Crippen molar-refractivity contribution in [1.82, 2.24) is 4.98 Å². The van der Waals surface area contributed by atoms with Gasteiger partial charge in [0.25, 0.3) is 0 Å². The van der Waals surface area contributed by atoms with Crippen molar-refractivity contribution in [2.75, 3.05) is 0 Å². The standard InChI is InChI=1S/C57H44N2/c1-38(45-17-11-18-46(34-45)55-35-47-14-4-7-20-51(47)53-22-9-10-23-54(53)55)33-57(44-31-29-43(30-32-44)56-37-58-36-48-15-5-8-21-52(48)56)59-39(2)40-25-27-42(28-26-40)50-24-12-16-41-13-3-6-19-49(41)50/h3,5-13,15-38H,4,14H2,1-2H3/b57-33-,59-39+. The van der Waals surface area contributed by atoms with Crippen molar-refractivity contribution in [1.29, 1.82) is 0 Å². The summed E-state index contributed by atoms with van der Waals surface area (Å²) in [5.41, 5.74) is 15.4. The third-order valence-electron chi connectivity index (χ3n) is 12.0. The molecule has 0 spiro atoms. The smallest absolute Gasteiger partial charge is 0.0671 e. The van der Waals surface area contributed by atoms with Crippen molar-refractivity contribution >= 4 is 49.8 Å². The van der Waals surface area contributed by atoms with E-state index in [1.807, 2.05) is 12.4 Å². The summed E-state index contributed by atoms with van der Waals surface area (Å²) < 4.78 is 0. The Morgan fingerprint density at radius 1 is 0.559 bits per heavy atom. The third-order valence-corrected chi connectivity index (χ3v) is 12.0. The lowest BCUT2D eigenvalue weighted by atomic mass is 9.86. The molecule has 8 aromatic carbocycles. The van der Waals surface area contributed by atoms with E-state index in [1.165, 1.54) is 65.9 Å². The molecule has 1 unspecified atom stereocenters. The van der Waals surface area contributed by atoms with E-state index in [-0.39, 0.29) is 5.92 Å². The Labute approximate surface area is 346 Å². The van der Waals surface area contributed by atoms with Gasteiger partial charge in [-0.2, -0.15) is 0 Å². The minimum absolute atomic E-state index is 0.101. The zero-order valence-electron chi connectivity index (χ0n) is 33.4. The monoisotopic (exact) mass is 756 g/mol. The van der Waals surface area contributed by atoms with Gasteiger partial charge in [-0.15, -0.1) is 0 Å². The molecule has 0 saturated heterocycles. The Kier molecular flexibility index (Phi) is 9.60. The van der Waals surface area contributed by atoms with Crippen molar-refractivity contribution < 1.29 is 0 Å². The molecular formula is C57H44N2. The Balaban J connectivity index is 1.03. The van der Waals surface area contributed by atoms with Gasteiger partial charge >= 0.3 is 0 Å². The Bertz CT molecular complexity index is 3100. The van der Waals surface area contributed by atoms with E-state index in [9.17, 15) is 0 Å². The molecule has 282 valence electrons. The second-order valence-corrected chi connectivity index (χ2v) is 15.7. The summed E-state index contributed by atoms with van der Waals surface area (Å²) in [4.78, 5) is 9.98. The van der Waals surface area contributed by atoms with Crippen LogP contribution >= 0.6 is 0 Å². The zero-order chi connectivity index (χ0) is 39.7. The van der Waals surface area contributed by atoms with E-state index in [2.05, 4.69) is 207 Å². The first-order valence-electron chi connectivity index (χ1n) is 20.7. The lowest BCUT2D eigenvalue weighted by molar-refractivity contribution is 0.967. The van der Waals surface area contributed by atoms with Crippen LogP contribution in [0.15, 0.2) is 199 Å². The molecule has 1 atom stereocenters. The predicted octanol–water partition coefficient (Wildman–Crippen LogP) is 15.2. The van der Waals surface area contributed by atoms with Crippen LogP contribution in [-0.4, -0.2) is 10.7 Å². The first-order chi connectivity index (χ1) is 29.1. The van der Waals surface area contributed by atoms with Crippen LogP contribution in [0.1, 0.15) is 54.0 Å². The summed E-state index contributed by atoms with van der Waals surface area (Å²) in [6.45, 7) is 4.41. The zero-order valence-corrected chi connectivity index (χ0v) is 33.4. The van der Waals surface area contributed by atoms with Gasteiger partial charge < -0.3 is 0 Å². The number of benzene rings is 8. The Morgan fingerprint density at radius 2 is 1.20 bits per heavy atom. The van der Waals surface area contributed by atoms with E-state index >= 15 is 0 Å². The van der Waals surface area contributed by atoms with Gasteiger partial charge in [0.2, 0.25) is 0 Å². The maximum atomic E-state index is 5.42. The molecule has 0 fully saturated rings.